The van der Waals surface area contributed by atoms with Crippen molar-refractivity contribution < 1.29 is 9.59 Å². The Kier molecular flexibility index (Phi) is 7.04. The Morgan fingerprint density at radius 1 is 1.10 bits per heavy atom. The Labute approximate surface area is 186 Å². The van der Waals surface area contributed by atoms with Gasteiger partial charge in [-0.05, 0) is 61.1 Å². The predicted octanol–water partition coefficient (Wildman–Crippen LogP) is 4.18. The van der Waals surface area contributed by atoms with Crippen LogP contribution in [0, 0.1) is 0 Å². The second-order valence-corrected chi connectivity index (χ2v) is 8.74. The molecule has 2 amide bonds. The molecule has 1 aliphatic carbocycles. The van der Waals surface area contributed by atoms with Gasteiger partial charge in [-0.15, -0.1) is 11.3 Å². The summed E-state index contributed by atoms with van der Waals surface area (Å²) in [5.41, 5.74) is 3.30. The van der Waals surface area contributed by atoms with E-state index in [-0.39, 0.29) is 17.9 Å². The van der Waals surface area contributed by atoms with Gasteiger partial charge in [0, 0.05) is 24.4 Å². The first-order valence-corrected chi connectivity index (χ1v) is 11.6. The molecule has 4 rings (SSSR count). The number of rotatable bonds is 8. The zero-order chi connectivity index (χ0) is 21.5. The van der Waals surface area contributed by atoms with Crippen LogP contribution in [0.15, 0.2) is 54.0 Å². The smallest absolute Gasteiger partial charge is 0.268 e. The number of nitrogens with one attached hydrogen (secondary N) is 2. The number of benzene rings is 1. The third-order valence-corrected chi connectivity index (χ3v) is 6.32. The number of hydrogen-bond acceptors (Lipinski definition) is 5. The molecular weight excluding hydrogens is 408 g/mol. The first-order valence-electron chi connectivity index (χ1n) is 10.7. The molecule has 0 aliphatic heterocycles. The van der Waals surface area contributed by atoms with Crippen molar-refractivity contribution in [3.8, 4) is 0 Å². The molecule has 160 valence electrons. The van der Waals surface area contributed by atoms with E-state index >= 15 is 0 Å². The van der Waals surface area contributed by atoms with Crippen LogP contribution in [0.3, 0.4) is 0 Å². The Balaban J connectivity index is 1.22. The quantitative estimate of drug-likeness (QED) is 0.521. The van der Waals surface area contributed by atoms with Gasteiger partial charge in [-0.25, -0.2) is 9.97 Å². The van der Waals surface area contributed by atoms with Crippen LogP contribution in [-0.2, 0) is 24.1 Å². The number of aromatic nitrogens is 2. The van der Waals surface area contributed by atoms with E-state index in [1.54, 1.807) is 12.3 Å². The van der Waals surface area contributed by atoms with E-state index in [0.717, 1.165) is 49.8 Å². The SMILES string of the molecule is O=C(CCCCc1ccccc1)NC1CCc2nc(NC(=O)c3cccs3)ncc2C1. The third-order valence-electron chi connectivity index (χ3n) is 5.45. The molecule has 3 aromatic rings. The molecule has 0 radical (unpaired) electrons. The number of fused-ring (bicyclic) bond motifs is 1. The first-order chi connectivity index (χ1) is 15.2. The number of amides is 2. The van der Waals surface area contributed by atoms with Gasteiger partial charge in [0.2, 0.25) is 11.9 Å². The van der Waals surface area contributed by atoms with Crippen molar-refractivity contribution >= 4 is 29.1 Å². The highest BCUT2D eigenvalue weighted by Crippen LogP contribution is 2.21. The van der Waals surface area contributed by atoms with E-state index in [1.165, 1.54) is 16.9 Å². The maximum Gasteiger partial charge on any atom is 0.268 e. The predicted molar refractivity (Wildman–Crippen MR) is 122 cm³/mol. The van der Waals surface area contributed by atoms with Crippen molar-refractivity contribution in [1.29, 1.82) is 0 Å². The van der Waals surface area contributed by atoms with Gasteiger partial charge in [0.05, 0.1) is 4.88 Å². The number of nitrogens with zero attached hydrogens (tertiary/aromatic N) is 2. The van der Waals surface area contributed by atoms with Crippen molar-refractivity contribution in [2.45, 2.75) is 51.0 Å². The molecule has 6 nitrogen and oxygen atoms in total. The fraction of sp³-hybridized carbons (Fsp3) is 0.333. The second kappa shape index (κ2) is 10.3. The van der Waals surface area contributed by atoms with Gasteiger partial charge < -0.3 is 5.32 Å². The maximum absolute atomic E-state index is 12.3. The summed E-state index contributed by atoms with van der Waals surface area (Å²) in [6.07, 6.45) is 7.57. The highest BCUT2D eigenvalue weighted by Gasteiger charge is 2.22. The lowest BCUT2D eigenvalue weighted by Gasteiger charge is -2.25. The molecule has 0 saturated carbocycles. The molecule has 2 N–H and O–H groups in total. The van der Waals surface area contributed by atoms with Crippen molar-refractivity contribution in [3.63, 3.8) is 0 Å². The van der Waals surface area contributed by atoms with Gasteiger partial charge >= 0.3 is 0 Å². The third kappa shape index (κ3) is 5.98. The Bertz CT molecular complexity index is 1020. The van der Waals surface area contributed by atoms with Crippen molar-refractivity contribution in [2.75, 3.05) is 5.32 Å². The molecule has 2 aromatic heterocycles. The normalized spacial score (nSPS) is 15.2. The molecule has 0 bridgehead atoms. The monoisotopic (exact) mass is 434 g/mol. The summed E-state index contributed by atoms with van der Waals surface area (Å²) in [6.45, 7) is 0. The average molecular weight is 435 g/mol. The number of anilines is 1. The van der Waals surface area contributed by atoms with Gasteiger partial charge in [-0.2, -0.15) is 0 Å². The minimum absolute atomic E-state index is 0.113. The van der Waals surface area contributed by atoms with Crippen LogP contribution in [-0.4, -0.2) is 27.8 Å². The highest BCUT2D eigenvalue weighted by atomic mass is 32.1. The van der Waals surface area contributed by atoms with Crippen molar-refractivity contribution in [3.05, 3.63) is 75.7 Å². The topological polar surface area (TPSA) is 84.0 Å². The summed E-state index contributed by atoms with van der Waals surface area (Å²) < 4.78 is 0. The fourth-order valence-corrected chi connectivity index (χ4v) is 4.44. The molecule has 31 heavy (non-hydrogen) atoms. The van der Waals surface area contributed by atoms with Crippen molar-refractivity contribution in [2.24, 2.45) is 0 Å². The zero-order valence-corrected chi connectivity index (χ0v) is 18.2. The Morgan fingerprint density at radius 3 is 2.77 bits per heavy atom. The number of thiophene rings is 1. The van der Waals surface area contributed by atoms with Gasteiger partial charge in [0.25, 0.3) is 5.91 Å². The van der Waals surface area contributed by atoms with E-state index in [0.29, 0.717) is 17.2 Å². The van der Waals surface area contributed by atoms with Crippen LogP contribution in [0.1, 0.15) is 52.2 Å². The largest absolute Gasteiger partial charge is 0.353 e. The zero-order valence-electron chi connectivity index (χ0n) is 17.3. The van der Waals surface area contributed by atoms with E-state index in [4.69, 9.17) is 0 Å². The lowest BCUT2D eigenvalue weighted by molar-refractivity contribution is -0.122. The van der Waals surface area contributed by atoms with Crippen molar-refractivity contribution in [1.82, 2.24) is 15.3 Å². The number of carbonyl (C=O) groups is 2. The van der Waals surface area contributed by atoms with Gasteiger partial charge in [0.15, 0.2) is 0 Å². The molecule has 1 aliphatic rings. The summed E-state index contributed by atoms with van der Waals surface area (Å²) in [5, 5.41) is 7.78. The van der Waals surface area contributed by atoms with E-state index < -0.39 is 0 Å². The van der Waals surface area contributed by atoms with E-state index in [1.807, 2.05) is 29.6 Å². The number of carbonyl (C=O) groups excluding carboxylic acids is 2. The van der Waals surface area contributed by atoms with Crippen LogP contribution < -0.4 is 10.6 Å². The molecule has 0 spiro atoms. The number of unbranched alkanes of at least 4 members (excludes halogenated alkanes) is 1. The van der Waals surface area contributed by atoms with Crippen LogP contribution in [0.5, 0.6) is 0 Å². The molecular formula is C24H26N4O2S. The lowest BCUT2D eigenvalue weighted by atomic mass is 9.92. The summed E-state index contributed by atoms with van der Waals surface area (Å²) >= 11 is 1.38. The molecule has 0 saturated heterocycles. The maximum atomic E-state index is 12.3. The second-order valence-electron chi connectivity index (χ2n) is 7.80. The van der Waals surface area contributed by atoms with Crippen LogP contribution in [0.2, 0.25) is 0 Å². The summed E-state index contributed by atoms with van der Waals surface area (Å²) in [6, 6.07) is 14.1. The minimum Gasteiger partial charge on any atom is -0.353 e. The molecule has 2 heterocycles. The molecule has 1 unspecified atom stereocenters. The van der Waals surface area contributed by atoms with Gasteiger partial charge in [-0.3, -0.25) is 14.9 Å². The Hall–Kier alpha value is -3.06. The van der Waals surface area contributed by atoms with Crippen LogP contribution in [0.4, 0.5) is 5.95 Å². The van der Waals surface area contributed by atoms with E-state index in [2.05, 4.69) is 32.7 Å². The number of hydrogen-bond donors (Lipinski definition) is 2. The van der Waals surface area contributed by atoms with Crippen LogP contribution >= 0.6 is 11.3 Å². The molecule has 1 atom stereocenters. The number of aryl methyl sites for hydroxylation is 2. The summed E-state index contributed by atoms with van der Waals surface area (Å²) in [4.78, 5) is 34.0. The Morgan fingerprint density at radius 2 is 1.97 bits per heavy atom. The highest BCUT2D eigenvalue weighted by molar-refractivity contribution is 7.12. The van der Waals surface area contributed by atoms with E-state index in [9.17, 15) is 9.59 Å². The summed E-state index contributed by atoms with van der Waals surface area (Å²) in [5.74, 6) is 0.253. The minimum atomic E-state index is -0.192. The van der Waals surface area contributed by atoms with Gasteiger partial charge in [-0.1, -0.05) is 36.4 Å². The molecule has 0 fully saturated rings. The first kappa shape index (κ1) is 21.2. The van der Waals surface area contributed by atoms with Gasteiger partial charge in [0.1, 0.15) is 0 Å². The molecule has 1 aromatic carbocycles. The standard InChI is InChI=1S/C24H26N4O2S/c29-22(11-5-4-9-17-7-2-1-3-8-17)26-19-12-13-20-18(15-19)16-25-24(27-20)28-23(30)21-10-6-14-31-21/h1-3,6-8,10,14,16,19H,4-5,9,11-13,15H2,(H,26,29)(H,25,27,28,30). The summed E-state index contributed by atoms with van der Waals surface area (Å²) in [7, 11) is 0. The van der Waals surface area contributed by atoms with Crippen LogP contribution in [0.25, 0.3) is 0 Å². The molecule has 7 heteroatoms. The fourth-order valence-electron chi connectivity index (χ4n) is 3.82. The lowest BCUT2D eigenvalue weighted by Crippen LogP contribution is -2.39. The average Bonchev–Trinajstić information content (AvgIpc) is 3.33.